The Labute approximate surface area is 412 Å². The summed E-state index contributed by atoms with van der Waals surface area (Å²) in [6.07, 6.45) is 0. The van der Waals surface area contributed by atoms with Crippen molar-refractivity contribution in [1.82, 2.24) is 14.5 Å². The van der Waals surface area contributed by atoms with Gasteiger partial charge in [-0.3, -0.25) is 9.97 Å². The Morgan fingerprint density at radius 1 is 0.627 bits per heavy atom. The van der Waals surface area contributed by atoms with Crippen LogP contribution in [0.3, 0.4) is 0 Å². The Bertz CT molecular complexity index is 3640. The van der Waals surface area contributed by atoms with Crippen molar-refractivity contribution in [1.29, 1.82) is 0 Å². The average molecular weight is 1060 g/mol. The maximum atomic E-state index is 8.06. The summed E-state index contributed by atoms with van der Waals surface area (Å²) in [4.78, 5) is 10.2. The van der Waals surface area contributed by atoms with Gasteiger partial charge in [-0.1, -0.05) is 145 Å². The first kappa shape index (κ1) is 41.8. The van der Waals surface area contributed by atoms with Crippen molar-refractivity contribution in [3.63, 3.8) is 0 Å². The largest absolute Gasteiger partial charge is 3.00 e. The Hall–Kier alpha value is -6.59. The number of hydrogen-bond acceptors (Lipinski definition) is 2. The fourth-order valence-corrected chi connectivity index (χ4v) is 9.60. The Morgan fingerprint density at radius 3 is 1.97 bits per heavy atom. The molecule has 0 saturated heterocycles. The molecule has 0 bridgehead atoms. The van der Waals surface area contributed by atoms with Crippen molar-refractivity contribution < 1.29 is 33.2 Å². The van der Waals surface area contributed by atoms with Crippen LogP contribution in [0.25, 0.3) is 88.9 Å². The molecule has 8 aromatic carbocycles. The summed E-state index contributed by atoms with van der Waals surface area (Å²) >= 11 is 0. The molecule has 3 heterocycles. The van der Waals surface area contributed by atoms with Gasteiger partial charge in [-0.15, -0.1) is 54.1 Å². The van der Waals surface area contributed by atoms with Gasteiger partial charge in [0.2, 0.25) is 0 Å². The van der Waals surface area contributed by atoms with E-state index in [9.17, 15) is 0 Å². The number of rotatable bonds is 8. The molecule has 0 aliphatic carbocycles. The van der Waals surface area contributed by atoms with Gasteiger partial charge in [0.15, 0.2) is 0 Å². The molecular formula is C61H56IrN4O+. The molecule has 0 fully saturated rings. The maximum absolute atomic E-state index is 8.06. The van der Waals surface area contributed by atoms with Crippen LogP contribution in [-0.2, 0) is 20.1 Å². The molecule has 5 nitrogen and oxygen atoms in total. The third-order valence-corrected chi connectivity index (χ3v) is 12.9. The molecular weight excluding hydrogens is 997 g/mol. The van der Waals surface area contributed by atoms with Crippen LogP contribution in [0.4, 0.5) is 0 Å². The monoisotopic (exact) mass is 1060 g/mol. The van der Waals surface area contributed by atoms with Gasteiger partial charge in [0.1, 0.15) is 5.58 Å². The number of imidazole rings is 2. The van der Waals surface area contributed by atoms with E-state index in [0.717, 1.165) is 66.7 Å². The quantitative estimate of drug-likeness (QED) is 0.113. The molecule has 11 rings (SSSR count). The van der Waals surface area contributed by atoms with Crippen molar-refractivity contribution in [2.45, 2.75) is 85.9 Å². The summed E-state index contributed by atoms with van der Waals surface area (Å²) in [6, 6.07) is 58.1. The molecule has 334 valence electrons. The molecule has 0 unspecified atom stereocenters. The van der Waals surface area contributed by atoms with Gasteiger partial charge in [0, 0.05) is 20.9 Å². The number of para-hydroxylation sites is 6. The number of benzene rings is 8. The number of furan rings is 1. The summed E-state index contributed by atoms with van der Waals surface area (Å²) in [5.74, 6) is 3.17. The van der Waals surface area contributed by atoms with Gasteiger partial charge in [0.25, 0.3) is 0 Å². The third-order valence-electron chi connectivity index (χ3n) is 12.9. The minimum absolute atomic E-state index is 0. The summed E-state index contributed by atoms with van der Waals surface area (Å²) in [5, 5.41) is 3.42. The fourth-order valence-electron chi connectivity index (χ4n) is 9.60. The number of fused-ring (bicyclic) bond motifs is 6. The molecule has 0 amide bonds. The number of hydrogen-bond donors (Lipinski definition) is 0. The summed E-state index contributed by atoms with van der Waals surface area (Å²) in [7, 11) is 0. The first-order valence-electron chi connectivity index (χ1n) is 24.7. The fraction of sp³-hybridized carbons (Fsp3) is 0.213. The van der Waals surface area contributed by atoms with Crippen molar-refractivity contribution in [2.24, 2.45) is 0 Å². The zero-order chi connectivity index (χ0) is 48.3. The van der Waals surface area contributed by atoms with Crippen LogP contribution in [-0.4, -0.2) is 9.55 Å². The Morgan fingerprint density at radius 2 is 1.28 bits per heavy atom. The second kappa shape index (κ2) is 18.6. The van der Waals surface area contributed by atoms with E-state index in [2.05, 4.69) is 156 Å². The minimum Gasteiger partial charge on any atom is -0.501 e. The standard InChI is InChI=1S/C36H31N2O.C25H25N2.Ir/c1-21(2)25-13-9-14-26(22(3)4)34(25)38-32-18-7-6-17-31(32)37-36(38)28-16-10-15-27-30-19-24-12-8-11-23(5)29(24)20-33(30)39-35(27)28;1-17(2)20-13-10-14-21(18(3)4)24(20)27-23-16-9-8-15-22(23)26-25(27)19-11-6-5-7-12-19;/h6-15,17-22H,1-5H3;5-11,13-18H,1-4H3;/q2*-1;+3/i5D3;;. The van der Waals surface area contributed by atoms with E-state index in [1.807, 2.05) is 60.7 Å². The molecule has 0 aliphatic heterocycles. The second-order valence-corrected chi connectivity index (χ2v) is 18.6. The second-order valence-electron chi connectivity index (χ2n) is 18.6. The van der Waals surface area contributed by atoms with Gasteiger partial charge in [-0.2, -0.15) is 0 Å². The molecule has 0 N–H and O–H groups in total. The normalized spacial score (nSPS) is 12.6. The number of aromatic nitrogens is 4. The molecule has 3 aromatic heterocycles. The Kier molecular flexibility index (Phi) is 11.6. The van der Waals surface area contributed by atoms with Crippen LogP contribution in [0.5, 0.6) is 0 Å². The van der Waals surface area contributed by atoms with Crippen molar-refractivity contribution in [2.75, 3.05) is 0 Å². The molecule has 0 aliphatic rings. The first-order chi connectivity index (χ1) is 33.2. The van der Waals surface area contributed by atoms with E-state index in [-0.39, 0.29) is 20.1 Å². The van der Waals surface area contributed by atoms with E-state index in [4.69, 9.17) is 18.5 Å². The molecule has 0 atom stereocenters. The van der Waals surface area contributed by atoms with Gasteiger partial charge in [-0.25, -0.2) is 0 Å². The van der Waals surface area contributed by atoms with E-state index in [1.165, 1.54) is 27.9 Å². The topological polar surface area (TPSA) is 48.9 Å². The van der Waals surface area contributed by atoms with E-state index in [0.29, 0.717) is 45.8 Å². The van der Waals surface area contributed by atoms with Crippen LogP contribution in [0.1, 0.15) is 111 Å². The van der Waals surface area contributed by atoms with Crippen molar-refractivity contribution in [3.8, 4) is 34.2 Å². The predicted molar refractivity (Wildman–Crippen MR) is 274 cm³/mol. The van der Waals surface area contributed by atoms with Crippen LogP contribution < -0.4 is 9.55 Å². The average Bonchev–Trinajstić information content (AvgIpc) is 4.04. The molecule has 67 heavy (non-hydrogen) atoms. The van der Waals surface area contributed by atoms with Crippen molar-refractivity contribution >= 4 is 54.8 Å². The van der Waals surface area contributed by atoms with Crippen LogP contribution in [0.15, 0.2) is 156 Å². The van der Waals surface area contributed by atoms with Gasteiger partial charge in [-0.05, 0) is 106 Å². The third kappa shape index (κ3) is 8.11. The minimum atomic E-state index is -2.22. The first-order valence-corrected chi connectivity index (χ1v) is 23.2. The molecule has 0 radical (unpaired) electrons. The van der Waals surface area contributed by atoms with E-state index >= 15 is 0 Å². The molecule has 11 aromatic rings. The van der Waals surface area contributed by atoms with Crippen LogP contribution in [0, 0.1) is 19.0 Å². The smallest absolute Gasteiger partial charge is 0.501 e. The van der Waals surface area contributed by atoms with Gasteiger partial charge < -0.3 is 13.6 Å². The summed E-state index contributed by atoms with van der Waals surface area (Å²) in [6.45, 7) is 15.7. The number of nitrogens with zero attached hydrogens (tertiary/aromatic N) is 4. The molecule has 6 heteroatoms. The zero-order valence-corrected chi connectivity index (χ0v) is 41.7. The van der Waals surface area contributed by atoms with Gasteiger partial charge in [0.05, 0.1) is 39.3 Å². The zero-order valence-electron chi connectivity index (χ0n) is 42.3. The predicted octanol–water partition coefficient (Wildman–Crippen LogP) is 15.9. The molecule has 0 saturated carbocycles. The van der Waals surface area contributed by atoms with E-state index < -0.39 is 6.85 Å². The summed E-state index contributed by atoms with van der Waals surface area (Å²) in [5.41, 5.74) is 15.1. The van der Waals surface area contributed by atoms with Gasteiger partial charge >= 0.3 is 20.1 Å². The molecule has 0 spiro atoms. The van der Waals surface area contributed by atoms with E-state index in [1.54, 1.807) is 12.1 Å². The van der Waals surface area contributed by atoms with Crippen LogP contribution >= 0.6 is 0 Å². The van der Waals surface area contributed by atoms with Crippen LogP contribution in [0.2, 0.25) is 0 Å². The Balaban J connectivity index is 0.000000188. The van der Waals surface area contributed by atoms with Crippen molar-refractivity contribution in [3.05, 3.63) is 192 Å². The number of aryl methyl sites for hydroxylation is 1. The maximum Gasteiger partial charge on any atom is 3.00 e. The summed E-state index contributed by atoms with van der Waals surface area (Å²) < 4.78 is 35.4. The SMILES string of the molecule is CC(C)c1cccc(C(C)C)c1-n1c(-c2[c-]cccc2)nc2ccccc21.[2H]C([2H])([2H])c1cccc2cc3c(cc12)oc1c(-c2[n-]c4ccccc4[n+]2-c2c(C(C)C)cccc2C(C)C)[c-]ccc13.[Ir+3].